The minimum absolute atomic E-state index is 0.00161. The minimum Gasteiger partial charge on any atom is -0.452 e. The van der Waals surface area contributed by atoms with Gasteiger partial charge in [0.05, 0.1) is 21.2 Å². The Morgan fingerprint density at radius 2 is 1.80 bits per heavy atom. The van der Waals surface area contributed by atoms with E-state index < -0.39 is 34.3 Å². The summed E-state index contributed by atoms with van der Waals surface area (Å²) in [5.41, 5.74) is 0.210. The summed E-state index contributed by atoms with van der Waals surface area (Å²) in [7, 11) is -3.87. The molecule has 25 heavy (non-hydrogen) atoms. The molecule has 132 valence electrons. The van der Waals surface area contributed by atoms with Crippen molar-refractivity contribution < 1.29 is 27.1 Å². The van der Waals surface area contributed by atoms with Gasteiger partial charge in [0.25, 0.3) is 5.91 Å². The molecule has 0 heterocycles. The molecule has 0 aromatic heterocycles. The largest absolute Gasteiger partial charge is 0.452 e. The van der Waals surface area contributed by atoms with E-state index in [9.17, 15) is 22.4 Å². The standard InChI is InChI=1S/C15H12ClFN2O5S/c16-12-7-10(17)3-6-13(12)19-14(20)8-24-15(21)9-1-4-11(5-2-9)25(18,22)23/h1-7H,8H2,(H,19,20)(H2,18,22,23). The number of benzene rings is 2. The number of hydrogen-bond donors (Lipinski definition) is 2. The number of ether oxygens (including phenoxy) is 1. The molecule has 0 spiro atoms. The van der Waals surface area contributed by atoms with Crippen molar-refractivity contribution in [1.29, 1.82) is 0 Å². The van der Waals surface area contributed by atoms with Crippen molar-refractivity contribution in [2.24, 2.45) is 5.14 Å². The number of carbonyl (C=O) groups excluding carboxylic acids is 2. The van der Waals surface area contributed by atoms with Gasteiger partial charge < -0.3 is 10.1 Å². The monoisotopic (exact) mass is 386 g/mol. The number of halogens is 2. The number of nitrogens with one attached hydrogen (secondary N) is 1. The summed E-state index contributed by atoms with van der Waals surface area (Å²) in [6, 6.07) is 8.10. The van der Waals surface area contributed by atoms with Crippen LogP contribution in [0.5, 0.6) is 0 Å². The summed E-state index contributed by atoms with van der Waals surface area (Å²) in [4.78, 5) is 23.4. The van der Waals surface area contributed by atoms with Crippen molar-refractivity contribution in [2.75, 3.05) is 11.9 Å². The van der Waals surface area contributed by atoms with Crippen molar-refractivity contribution >= 4 is 39.2 Å². The van der Waals surface area contributed by atoms with Crippen LogP contribution in [0.4, 0.5) is 10.1 Å². The van der Waals surface area contributed by atoms with Crippen LogP contribution in [0.3, 0.4) is 0 Å². The smallest absolute Gasteiger partial charge is 0.338 e. The van der Waals surface area contributed by atoms with Crippen LogP contribution in [-0.4, -0.2) is 26.9 Å². The van der Waals surface area contributed by atoms with Gasteiger partial charge in [0, 0.05) is 0 Å². The highest BCUT2D eigenvalue weighted by Crippen LogP contribution is 2.22. The Balaban J connectivity index is 1.94. The number of esters is 1. The maximum atomic E-state index is 12.9. The molecule has 0 bridgehead atoms. The van der Waals surface area contributed by atoms with Crippen LogP contribution < -0.4 is 10.5 Å². The van der Waals surface area contributed by atoms with Crippen molar-refractivity contribution in [1.82, 2.24) is 0 Å². The van der Waals surface area contributed by atoms with Gasteiger partial charge in [-0.2, -0.15) is 0 Å². The van der Waals surface area contributed by atoms with E-state index in [2.05, 4.69) is 5.32 Å². The van der Waals surface area contributed by atoms with Crippen LogP contribution in [0.25, 0.3) is 0 Å². The molecule has 2 rings (SSSR count). The van der Waals surface area contributed by atoms with E-state index in [0.29, 0.717) is 0 Å². The Morgan fingerprint density at radius 1 is 1.16 bits per heavy atom. The van der Waals surface area contributed by atoms with Gasteiger partial charge in [0.15, 0.2) is 6.61 Å². The summed E-state index contributed by atoms with van der Waals surface area (Å²) in [6.45, 7) is -0.608. The van der Waals surface area contributed by atoms with Crippen LogP contribution in [0.1, 0.15) is 10.4 Å². The number of primary sulfonamides is 1. The van der Waals surface area contributed by atoms with E-state index in [0.717, 1.165) is 24.3 Å². The molecule has 0 aliphatic carbocycles. The van der Waals surface area contributed by atoms with Crippen LogP contribution >= 0.6 is 11.6 Å². The van der Waals surface area contributed by atoms with Gasteiger partial charge in [0.1, 0.15) is 5.82 Å². The number of sulfonamides is 1. The molecule has 0 saturated carbocycles. The molecule has 0 aliphatic rings. The molecule has 0 fully saturated rings. The van der Waals surface area contributed by atoms with Gasteiger partial charge in [-0.25, -0.2) is 22.7 Å². The Labute approximate surface area is 147 Å². The van der Waals surface area contributed by atoms with Gasteiger partial charge >= 0.3 is 5.97 Å². The van der Waals surface area contributed by atoms with E-state index in [1.807, 2.05) is 0 Å². The molecule has 1 amide bonds. The predicted octanol–water partition coefficient (Wildman–Crippen LogP) is 1.92. The zero-order valence-corrected chi connectivity index (χ0v) is 14.1. The molecule has 10 heteroatoms. The minimum atomic E-state index is -3.87. The zero-order chi connectivity index (χ0) is 18.6. The average Bonchev–Trinajstić information content (AvgIpc) is 2.54. The summed E-state index contributed by atoms with van der Waals surface area (Å²) < 4.78 is 40.0. The number of rotatable bonds is 5. The molecule has 3 N–H and O–H groups in total. The van der Waals surface area contributed by atoms with E-state index in [1.165, 1.54) is 18.2 Å². The Hall–Kier alpha value is -2.49. The summed E-state index contributed by atoms with van der Waals surface area (Å²) >= 11 is 5.76. The number of hydrogen-bond acceptors (Lipinski definition) is 5. The third-order valence-corrected chi connectivity index (χ3v) is 4.20. The van der Waals surface area contributed by atoms with Crippen LogP contribution in [0.2, 0.25) is 5.02 Å². The van der Waals surface area contributed by atoms with E-state index in [1.54, 1.807) is 0 Å². The van der Waals surface area contributed by atoms with Gasteiger partial charge in [-0.15, -0.1) is 0 Å². The van der Waals surface area contributed by atoms with E-state index in [-0.39, 0.29) is 21.2 Å². The lowest BCUT2D eigenvalue weighted by molar-refractivity contribution is -0.119. The first-order valence-electron chi connectivity index (χ1n) is 6.72. The lowest BCUT2D eigenvalue weighted by atomic mass is 10.2. The van der Waals surface area contributed by atoms with Crippen LogP contribution in [0.15, 0.2) is 47.4 Å². The summed E-state index contributed by atoms with van der Waals surface area (Å²) in [6.07, 6.45) is 0. The zero-order valence-electron chi connectivity index (χ0n) is 12.5. The first kappa shape index (κ1) is 18.8. The first-order chi connectivity index (χ1) is 11.7. The maximum Gasteiger partial charge on any atom is 0.338 e. The first-order valence-corrected chi connectivity index (χ1v) is 8.64. The van der Waals surface area contributed by atoms with Crippen molar-refractivity contribution in [2.45, 2.75) is 4.90 Å². The Bertz CT molecular complexity index is 916. The van der Waals surface area contributed by atoms with Gasteiger partial charge in [-0.3, -0.25) is 4.79 Å². The van der Waals surface area contributed by atoms with E-state index in [4.69, 9.17) is 21.5 Å². The van der Waals surface area contributed by atoms with Crippen molar-refractivity contribution in [3.63, 3.8) is 0 Å². The number of nitrogens with two attached hydrogens (primary N) is 1. The number of anilines is 1. The summed E-state index contributed by atoms with van der Waals surface area (Å²) in [5.74, 6) is -2.07. The highest BCUT2D eigenvalue weighted by atomic mass is 35.5. The quantitative estimate of drug-likeness (QED) is 0.761. The molecule has 0 radical (unpaired) electrons. The molecule has 0 saturated heterocycles. The fraction of sp³-hybridized carbons (Fsp3) is 0.0667. The van der Waals surface area contributed by atoms with Crippen LogP contribution in [-0.2, 0) is 19.6 Å². The molecule has 0 unspecified atom stereocenters. The number of carbonyl (C=O) groups is 2. The lowest BCUT2D eigenvalue weighted by Gasteiger charge is -2.08. The molecule has 7 nitrogen and oxygen atoms in total. The second-order valence-electron chi connectivity index (χ2n) is 4.82. The van der Waals surface area contributed by atoms with Crippen molar-refractivity contribution in [3.8, 4) is 0 Å². The van der Waals surface area contributed by atoms with Crippen molar-refractivity contribution in [3.05, 3.63) is 58.9 Å². The molecule has 2 aromatic carbocycles. The van der Waals surface area contributed by atoms with Gasteiger partial charge in [0.2, 0.25) is 10.0 Å². The average molecular weight is 387 g/mol. The third-order valence-electron chi connectivity index (χ3n) is 2.96. The van der Waals surface area contributed by atoms with Gasteiger partial charge in [-0.1, -0.05) is 11.6 Å². The second-order valence-corrected chi connectivity index (χ2v) is 6.79. The topological polar surface area (TPSA) is 116 Å². The van der Waals surface area contributed by atoms with E-state index >= 15 is 0 Å². The molecular weight excluding hydrogens is 375 g/mol. The summed E-state index contributed by atoms with van der Waals surface area (Å²) in [5, 5.41) is 7.31. The molecule has 0 aliphatic heterocycles. The SMILES string of the molecule is NS(=O)(=O)c1ccc(C(=O)OCC(=O)Nc2ccc(F)cc2Cl)cc1. The van der Waals surface area contributed by atoms with Crippen LogP contribution in [0, 0.1) is 5.82 Å². The third kappa shape index (κ3) is 5.24. The Morgan fingerprint density at radius 3 is 2.36 bits per heavy atom. The lowest BCUT2D eigenvalue weighted by Crippen LogP contribution is -2.21. The fourth-order valence-electron chi connectivity index (χ4n) is 1.77. The van der Waals surface area contributed by atoms with Gasteiger partial charge in [-0.05, 0) is 42.5 Å². The highest BCUT2D eigenvalue weighted by molar-refractivity contribution is 7.89. The Kier molecular flexibility index (Phi) is 5.73. The predicted molar refractivity (Wildman–Crippen MR) is 88.1 cm³/mol. The fourth-order valence-corrected chi connectivity index (χ4v) is 2.50. The maximum absolute atomic E-state index is 12.9. The normalized spacial score (nSPS) is 11.0. The molecular formula is C15H12ClFN2O5S. The second kappa shape index (κ2) is 7.60. The molecule has 0 atom stereocenters. The highest BCUT2D eigenvalue weighted by Gasteiger charge is 2.13. The molecule has 2 aromatic rings. The number of amides is 1.